The first-order valence-electron chi connectivity index (χ1n) is 10.5. The minimum absolute atomic E-state index is 0.0269. The van der Waals surface area contributed by atoms with Crippen molar-refractivity contribution in [3.8, 4) is 5.75 Å². The van der Waals surface area contributed by atoms with Crippen molar-refractivity contribution in [3.05, 3.63) is 59.2 Å². The molecule has 1 fully saturated rings. The first-order chi connectivity index (χ1) is 14.3. The number of nitrogens with zero attached hydrogens (tertiary/aromatic N) is 1. The van der Waals surface area contributed by atoms with Crippen LogP contribution in [0.5, 0.6) is 5.75 Å². The number of anilines is 1. The Kier molecular flexibility index (Phi) is 6.98. The van der Waals surface area contributed by atoms with E-state index in [1.54, 1.807) is 24.3 Å². The Bertz CT molecular complexity index is 893. The van der Waals surface area contributed by atoms with Gasteiger partial charge in [-0.25, -0.2) is 4.79 Å². The molecule has 0 radical (unpaired) electrons. The van der Waals surface area contributed by atoms with Crippen LogP contribution in [0.1, 0.15) is 48.2 Å². The topological polar surface area (TPSA) is 70.7 Å². The third-order valence-electron chi connectivity index (χ3n) is 5.46. The molecule has 2 N–H and O–H groups in total. The highest BCUT2D eigenvalue weighted by Gasteiger charge is 2.29. The second-order valence-corrected chi connectivity index (χ2v) is 8.13. The van der Waals surface area contributed by atoms with Gasteiger partial charge in [0.25, 0.3) is 5.91 Å². The zero-order valence-electron chi connectivity index (χ0n) is 18.2. The standard InChI is InChI=1S/C24H31N3O3/c1-16(2)25-23(28)19-10-12-21(13-11-19)30-15-20-8-6-14-27(20)24(29)26-22-9-5-7-17(3)18(22)4/h5,7,9-13,16,20H,6,8,14-15H2,1-4H3,(H,25,28)(H,26,29). The van der Waals surface area contributed by atoms with Crippen molar-refractivity contribution in [2.24, 2.45) is 0 Å². The van der Waals surface area contributed by atoms with Gasteiger partial charge in [0.15, 0.2) is 0 Å². The Balaban J connectivity index is 1.56. The molecule has 3 amide bonds. The highest BCUT2D eigenvalue weighted by atomic mass is 16.5. The van der Waals surface area contributed by atoms with Gasteiger partial charge in [-0.2, -0.15) is 0 Å². The second-order valence-electron chi connectivity index (χ2n) is 8.13. The van der Waals surface area contributed by atoms with E-state index in [2.05, 4.69) is 10.6 Å². The molecule has 160 valence electrons. The molecule has 6 nitrogen and oxygen atoms in total. The van der Waals surface area contributed by atoms with E-state index in [1.165, 1.54) is 0 Å². The van der Waals surface area contributed by atoms with Crippen molar-refractivity contribution in [3.63, 3.8) is 0 Å². The van der Waals surface area contributed by atoms with Gasteiger partial charge in [-0.05, 0) is 82.0 Å². The van der Waals surface area contributed by atoms with E-state index in [0.29, 0.717) is 17.9 Å². The lowest BCUT2D eigenvalue weighted by Gasteiger charge is -2.25. The summed E-state index contributed by atoms with van der Waals surface area (Å²) in [7, 11) is 0. The summed E-state index contributed by atoms with van der Waals surface area (Å²) < 4.78 is 5.93. The van der Waals surface area contributed by atoms with Gasteiger partial charge in [-0.3, -0.25) is 4.79 Å². The number of ether oxygens (including phenoxy) is 1. The average molecular weight is 410 g/mol. The number of amides is 3. The smallest absolute Gasteiger partial charge is 0.322 e. The van der Waals surface area contributed by atoms with Crippen LogP contribution in [0.2, 0.25) is 0 Å². The zero-order valence-corrected chi connectivity index (χ0v) is 18.2. The van der Waals surface area contributed by atoms with Gasteiger partial charge in [0, 0.05) is 23.8 Å². The SMILES string of the molecule is Cc1cccc(NC(=O)N2CCCC2COc2ccc(C(=O)NC(C)C)cc2)c1C. The molecule has 1 aliphatic heterocycles. The maximum Gasteiger partial charge on any atom is 0.322 e. The van der Waals surface area contributed by atoms with Crippen LogP contribution < -0.4 is 15.4 Å². The lowest BCUT2D eigenvalue weighted by molar-refractivity contribution is 0.0943. The highest BCUT2D eigenvalue weighted by Crippen LogP contribution is 2.23. The zero-order chi connectivity index (χ0) is 21.7. The number of benzene rings is 2. The number of hydrogen-bond acceptors (Lipinski definition) is 3. The van der Waals surface area contributed by atoms with Crippen LogP contribution in [0.4, 0.5) is 10.5 Å². The van der Waals surface area contributed by atoms with Crippen molar-refractivity contribution >= 4 is 17.6 Å². The Hall–Kier alpha value is -3.02. The summed E-state index contributed by atoms with van der Waals surface area (Å²) in [6.45, 7) is 9.06. The molecule has 2 aromatic rings. The Morgan fingerprint density at radius 1 is 1.13 bits per heavy atom. The van der Waals surface area contributed by atoms with E-state index < -0.39 is 0 Å². The van der Waals surface area contributed by atoms with Crippen LogP contribution in [0, 0.1) is 13.8 Å². The fourth-order valence-electron chi connectivity index (χ4n) is 3.59. The quantitative estimate of drug-likeness (QED) is 0.737. The molecule has 2 aromatic carbocycles. The molecule has 0 aliphatic carbocycles. The summed E-state index contributed by atoms with van der Waals surface area (Å²) in [4.78, 5) is 26.7. The summed E-state index contributed by atoms with van der Waals surface area (Å²) in [5.74, 6) is 0.597. The maximum atomic E-state index is 12.8. The van der Waals surface area contributed by atoms with Gasteiger partial charge in [-0.1, -0.05) is 12.1 Å². The van der Waals surface area contributed by atoms with Gasteiger partial charge < -0.3 is 20.3 Å². The van der Waals surface area contributed by atoms with Crippen molar-refractivity contribution < 1.29 is 14.3 Å². The third-order valence-corrected chi connectivity index (χ3v) is 5.46. The molecule has 30 heavy (non-hydrogen) atoms. The van der Waals surface area contributed by atoms with Gasteiger partial charge >= 0.3 is 6.03 Å². The number of nitrogens with one attached hydrogen (secondary N) is 2. The molecule has 1 unspecified atom stereocenters. The minimum Gasteiger partial charge on any atom is -0.491 e. The molecule has 0 spiro atoms. The lowest BCUT2D eigenvalue weighted by Crippen LogP contribution is -2.41. The summed E-state index contributed by atoms with van der Waals surface area (Å²) in [6.07, 6.45) is 1.87. The van der Waals surface area contributed by atoms with Crippen LogP contribution in [0.25, 0.3) is 0 Å². The summed E-state index contributed by atoms with van der Waals surface area (Å²) in [5.41, 5.74) is 3.69. The molecule has 3 rings (SSSR count). The highest BCUT2D eigenvalue weighted by molar-refractivity contribution is 5.94. The van der Waals surface area contributed by atoms with E-state index in [1.807, 2.05) is 50.8 Å². The van der Waals surface area contributed by atoms with E-state index in [-0.39, 0.29) is 24.0 Å². The number of urea groups is 1. The van der Waals surface area contributed by atoms with Gasteiger partial charge in [0.1, 0.15) is 12.4 Å². The van der Waals surface area contributed by atoms with E-state index >= 15 is 0 Å². The van der Waals surface area contributed by atoms with Crippen molar-refractivity contribution in [2.45, 2.75) is 52.6 Å². The van der Waals surface area contributed by atoms with Crippen LogP contribution >= 0.6 is 0 Å². The Morgan fingerprint density at radius 3 is 2.57 bits per heavy atom. The third kappa shape index (κ3) is 5.32. The van der Waals surface area contributed by atoms with Crippen LogP contribution in [0.3, 0.4) is 0 Å². The molecular formula is C24H31N3O3. The fraction of sp³-hybridized carbons (Fsp3) is 0.417. The molecule has 1 heterocycles. The summed E-state index contributed by atoms with van der Waals surface area (Å²) in [5, 5.41) is 5.91. The molecule has 0 saturated carbocycles. The number of carbonyl (C=O) groups excluding carboxylic acids is 2. The normalized spacial score (nSPS) is 15.9. The van der Waals surface area contributed by atoms with E-state index in [9.17, 15) is 9.59 Å². The number of carbonyl (C=O) groups is 2. The monoisotopic (exact) mass is 409 g/mol. The summed E-state index contributed by atoms with van der Waals surface area (Å²) in [6, 6.07) is 13.1. The number of likely N-dealkylation sites (tertiary alicyclic amines) is 1. The van der Waals surface area contributed by atoms with Crippen LogP contribution in [-0.2, 0) is 0 Å². The number of aryl methyl sites for hydroxylation is 1. The molecule has 6 heteroatoms. The van der Waals surface area contributed by atoms with Gasteiger partial charge in [-0.15, -0.1) is 0 Å². The van der Waals surface area contributed by atoms with Crippen molar-refractivity contribution in [1.29, 1.82) is 0 Å². The minimum atomic E-state index is -0.0957. The van der Waals surface area contributed by atoms with Crippen molar-refractivity contribution in [2.75, 3.05) is 18.5 Å². The second kappa shape index (κ2) is 9.65. The molecule has 0 bridgehead atoms. The molecule has 1 atom stereocenters. The van der Waals surface area contributed by atoms with Crippen LogP contribution in [0.15, 0.2) is 42.5 Å². The predicted octanol–water partition coefficient (Wildman–Crippen LogP) is 4.52. The molecular weight excluding hydrogens is 378 g/mol. The maximum absolute atomic E-state index is 12.8. The predicted molar refractivity (Wildman–Crippen MR) is 119 cm³/mol. The largest absolute Gasteiger partial charge is 0.491 e. The molecule has 1 saturated heterocycles. The molecule has 0 aromatic heterocycles. The molecule has 1 aliphatic rings. The van der Waals surface area contributed by atoms with E-state index in [0.717, 1.165) is 36.2 Å². The fourth-order valence-corrected chi connectivity index (χ4v) is 3.59. The number of hydrogen-bond donors (Lipinski definition) is 2. The summed E-state index contributed by atoms with van der Waals surface area (Å²) >= 11 is 0. The Labute approximate surface area is 178 Å². The van der Waals surface area contributed by atoms with Gasteiger partial charge in [0.2, 0.25) is 0 Å². The Morgan fingerprint density at radius 2 is 1.87 bits per heavy atom. The van der Waals surface area contributed by atoms with Gasteiger partial charge in [0.05, 0.1) is 6.04 Å². The van der Waals surface area contributed by atoms with Crippen molar-refractivity contribution in [1.82, 2.24) is 10.2 Å². The number of rotatable bonds is 6. The average Bonchev–Trinajstić information content (AvgIpc) is 3.18. The first kappa shape index (κ1) is 21.7. The lowest BCUT2D eigenvalue weighted by atomic mass is 10.1. The van der Waals surface area contributed by atoms with Crippen LogP contribution in [-0.4, -0.2) is 42.1 Å². The first-order valence-corrected chi connectivity index (χ1v) is 10.5. The van der Waals surface area contributed by atoms with E-state index in [4.69, 9.17) is 4.74 Å².